The summed E-state index contributed by atoms with van der Waals surface area (Å²) in [6.07, 6.45) is 0.0172. The minimum Gasteiger partial charge on any atom is -0.497 e. The maximum Gasteiger partial charge on any atom is 0.409 e. The highest BCUT2D eigenvalue weighted by Crippen LogP contribution is 2.38. The molecule has 2 amide bonds. The Balaban J connectivity index is 1.95. The number of thiophene rings is 1. The van der Waals surface area contributed by atoms with Crippen LogP contribution in [0.15, 0.2) is 18.2 Å². The normalized spacial score (nSPS) is 12.6. The van der Waals surface area contributed by atoms with Gasteiger partial charge in [0, 0.05) is 23.1 Å². The quantitative estimate of drug-likeness (QED) is 0.676. The number of rotatable bonds is 6. The predicted molar refractivity (Wildman–Crippen MR) is 114 cm³/mol. The van der Waals surface area contributed by atoms with E-state index in [0.29, 0.717) is 47.1 Å². The number of anilines is 1. The molecule has 0 saturated carbocycles. The average Bonchev–Trinajstić information content (AvgIpc) is 3.15. The van der Waals surface area contributed by atoms with Crippen molar-refractivity contribution in [2.75, 3.05) is 39.8 Å². The molecule has 2 aromatic rings. The fraction of sp³-hybridized carbons (Fsp3) is 0.381. The molecule has 1 N–H and O–H groups in total. The van der Waals surface area contributed by atoms with Gasteiger partial charge in [-0.15, -0.1) is 11.3 Å². The number of carbonyl (C=O) groups excluding carboxylic acids is 3. The molecular formula is C21H24N2O7S. The highest BCUT2D eigenvalue weighted by molar-refractivity contribution is 7.17. The largest absolute Gasteiger partial charge is 0.497 e. The maximum absolute atomic E-state index is 13.0. The van der Waals surface area contributed by atoms with Gasteiger partial charge in [-0.25, -0.2) is 9.59 Å². The van der Waals surface area contributed by atoms with Gasteiger partial charge in [0.15, 0.2) is 0 Å². The third-order valence-corrected chi connectivity index (χ3v) is 5.94. The van der Waals surface area contributed by atoms with Crippen LogP contribution < -0.4 is 14.8 Å². The summed E-state index contributed by atoms with van der Waals surface area (Å²) in [6.45, 7) is 2.62. The first-order valence-corrected chi connectivity index (χ1v) is 10.4. The number of hydrogen-bond acceptors (Lipinski definition) is 8. The SMILES string of the molecule is CCOC(=O)c1c(NC(=O)c2cc(OC)cc(OC)c2)sc2c1CCN(C(=O)OC)C2. The van der Waals surface area contributed by atoms with Gasteiger partial charge < -0.3 is 29.2 Å². The van der Waals surface area contributed by atoms with Crippen LogP contribution in [0, 0.1) is 0 Å². The Labute approximate surface area is 183 Å². The molecule has 0 radical (unpaired) electrons. The molecular weight excluding hydrogens is 424 g/mol. The zero-order chi connectivity index (χ0) is 22.5. The first-order chi connectivity index (χ1) is 14.9. The molecule has 31 heavy (non-hydrogen) atoms. The summed E-state index contributed by atoms with van der Waals surface area (Å²) < 4.78 is 20.5. The van der Waals surface area contributed by atoms with Gasteiger partial charge in [-0.2, -0.15) is 0 Å². The number of ether oxygens (including phenoxy) is 4. The van der Waals surface area contributed by atoms with Crippen molar-refractivity contribution in [3.63, 3.8) is 0 Å². The summed E-state index contributed by atoms with van der Waals surface area (Å²) >= 11 is 1.25. The molecule has 0 fully saturated rings. The highest BCUT2D eigenvalue weighted by Gasteiger charge is 2.31. The fourth-order valence-corrected chi connectivity index (χ4v) is 4.56. The zero-order valence-electron chi connectivity index (χ0n) is 17.8. The molecule has 2 heterocycles. The lowest BCUT2D eigenvalue weighted by Gasteiger charge is -2.25. The van der Waals surface area contributed by atoms with Crippen LogP contribution in [0.4, 0.5) is 9.80 Å². The molecule has 0 bridgehead atoms. The van der Waals surface area contributed by atoms with Crippen LogP contribution in [0.2, 0.25) is 0 Å². The van der Waals surface area contributed by atoms with E-state index in [1.807, 2.05) is 0 Å². The molecule has 0 atom stereocenters. The van der Waals surface area contributed by atoms with Crippen molar-refractivity contribution in [1.82, 2.24) is 4.90 Å². The highest BCUT2D eigenvalue weighted by atomic mass is 32.1. The summed E-state index contributed by atoms with van der Waals surface area (Å²) in [5.41, 5.74) is 1.42. The number of carbonyl (C=O) groups is 3. The van der Waals surface area contributed by atoms with Crippen LogP contribution in [-0.2, 0) is 22.4 Å². The van der Waals surface area contributed by atoms with E-state index in [4.69, 9.17) is 18.9 Å². The van der Waals surface area contributed by atoms with Crippen LogP contribution in [0.1, 0.15) is 38.1 Å². The number of fused-ring (bicyclic) bond motifs is 1. The third kappa shape index (κ3) is 4.74. The van der Waals surface area contributed by atoms with Gasteiger partial charge in [0.05, 0.1) is 40.0 Å². The Morgan fingerprint density at radius 3 is 2.35 bits per heavy atom. The van der Waals surface area contributed by atoms with Crippen LogP contribution in [-0.4, -0.2) is 57.4 Å². The number of nitrogens with zero attached hydrogens (tertiary/aromatic N) is 1. The molecule has 0 saturated heterocycles. The van der Waals surface area contributed by atoms with Crippen molar-refractivity contribution in [1.29, 1.82) is 0 Å². The van der Waals surface area contributed by atoms with Crippen molar-refractivity contribution in [2.45, 2.75) is 19.9 Å². The third-order valence-electron chi connectivity index (χ3n) is 4.81. The number of esters is 1. The summed E-state index contributed by atoms with van der Waals surface area (Å²) in [7, 11) is 4.32. The van der Waals surface area contributed by atoms with Crippen LogP contribution in [0.5, 0.6) is 11.5 Å². The number of benzene rings is 1. The molecule has 10 heteroatoms. The van der Waals surface area contributed by atoms with Gasteiger partial charge >= 0.3 is 12.1 Å². The Kier molecular flexibility index (Phi) is 7.01. The van der Waals surface area contributed by atoms with Crippen molar-refractivity contribution in [2.24, 2.45) is 0 Å². The molecule has 1 aliphatic heterocycles. The number of hydrogen-bond donors (Lipinski definition) is 1. The molecule has 0 aliphatic carbocycles. The second-order valence-electron chi connectivity index (χ2n) is 6.63. The molecule has 9 nitrogen and oxygen atoms in total. The minimum atomic E-state index is -0.509. The van der Waals surface area contributed by atoms with E-state index in [0.717, 1.165) is 10.4 Å². The molecule has 3 rings (SSSR count). The van der Waals surface area contributed by atoms with Crippen molar-refractivity contribution < 1.29 is 33.3 Å². The Hall–Kier alpha value is -3.27. The standard InChI is InChI=1S/C21H24N2O7S/c1-5-30-20(25)17-15-6-7-23(21(26)29-4)11-16(15)31-19(17)22-18(24)12-8-13(27-2)10-14(9-12)28-3/h8-10H,5-7,11H2,1-4H3,(H,22,24). The van der Waals surface area contributed by atoms with E-state index in [1.54, 1.807) is 30.0 Å². The zero-order valence-corrected chi connectivity index (χ0v) is 18.6. The summed E-state index contributed by atoms with van der Waals surface area (Å²) in [5.74, 6) is -0.000157. The minimum absolute atomic E-state index is 0.207. The Bertz CT molecular complexity index is 980. The van der Waals surface area contributed by atoms with Gasteiger partial charge in [0.1, 0.15) is 16.5 Å². The molecule has 0 spiro atoms. The van der Waals surface area contributed by atoms with Crippen LogP contribution >= 0.6 is 11.3 Å². The number of methoxy groups -OCH3 is 3. The number of amides is 2. The topological polar surface area (TPSA) is 103 Å². The Morgan fingerprint density at radius 1 is 1.10 bits per heavy atom. The van der Waals surface area contributed by atoms with E-state index in [1.165, 1.54) is 32.7 Å². The first-order valence-electron chi connectivity index (χ1n) is 9.60. The summed E-state index contributed by atoms with van der Waals surface area (Å²) in [5, 5.41) is 3.19. The average molecular weight is 448 g/mol. The lowest BCUT2D eigenvalue weighted by atomic mass is 10.0. The van der Waals surface area contributed by atoms with Gasteiger partial charge in [0.2, 0.25) is 0 Å². The second kappa shape index (κ2) is 9.69. The van der Waals surface area contributed by atoms with Crippen LogP contribution in [0.25, 0.3) is 0 Å². The van der Waals surface area contributed by atoms with E-state index >= 15 is 0 Å². The van der Waals surface area contributed by atoms with E-state index in [-0.39, 0.29) is 6.61 Å². The van der Waals surface area contributed by atoms with Crippen LogP contribution in [0.3, 0.4) is 0 Å². The van der Waals surface area contributed by atoms with Crippen molar-refractivity contribution in [3.05, 3.63) is 39.8 Å². The lowest BCUT2D eigenvalue weighted by molar-refractivity contribution is 0.0526. The monoisotopic (exact) mass is 448 g/mol. The van der Waals surface area contributed by atoms with Gasteiger partial charge in [-0.3, -0.25) is 4.79 Å². The Morgan fingerprint density at radius 2 is 1.77 bits per heavy atom. The van der Waals surface area contributed by atoms with E-state index in [9.17, 15) is 14.4 Å². The number of nitrogens with one attached hydrogen (secondary N) is 1. The molecule has 1 aliphatic rings. The maximum atomic E-state index is 13.0. The van der Waals surface area contributed by atoms with Gasteiger partial charge in [-0.1, -0.05) is 0 Å². The van der Waals surface area contributed by atoms with E-state index < -0.39 is 18.0 Å². The molecule has 166 valence electrons. The molecule has 0 unspecified atom stereocenters. The second-order valence-corrected chi connectivity index (χ2v) is 7.73. The smallest absolute Gasteiger partial charge is 0.409 e. The van der Waals surface area contributed by atoms with Gasteiger partial charge in [-0.05, 0) is 31.0 Å². The van der Waals surface area contributed by atoms with Crippen molar-refractivity contribution >= 4 is 34.3 Å². The van der Waals surface area contributed by atoms with E-state index in [2.05, 4.69) is 5.32 Å². The fourth-order valence-electron chi connectivity index (χ4n) is 3.31. The van der Waals surface area contributed by atoms with Gasteiger partial charge in [0.25, 0.3) is 5.91 Å². The molecule has 1 aromatic carbocycles. The molecule has 1 aromatic heterocycles. The predicted octanol–water partition coefficient (Wildman–Crippen LogP) is 3.32. The lowest BCUT2D eigenvalue weighted by Crippen LogP contribution is -2.35. The summed E-state index contributed by atoms with van der Waals surface area (Å²) in [4.78, 5) is 39.9. The summed E-state index contributed by atoms with van der Waals surface area (Å²) in [6, 6.07) is 4.81. The first kappa shape index (κ1) is 22.4. The van der Waals surface area contributed by atoms with Crippen molar-refractivity contribution in [3.8, 4) is 11.5 Å².